The third kappa shape index (κ3) is 5.77. The second-order valence-electron chi connectivity index (χ2n) is 7.98. The average molecular weight is 516 g/mol. The van der Waals surface area contributed by atoms with Crippen LogP contribution in [0.1, 0.15) is 31.8 Å². The Kier molecular flexibility index (Phi) is 7.06. The van der Waals surface area contributed by atoms with Crippen LogP contribution in [0.5, 0.6) is 46.0 Å². The monoisotopic (exact) mass is 516 g/mol. The van der Waals surface area contributed by atoms with Gasteiger partial charge in [-0.25, -0.2) is 9.59 Å². The van der Waals surface area contributed by atoms with Crippen LogP contribution in [0, 0.1) is 0 Å². The van der Waals surface area contributed by atoms with Crippen LogP contribution < -0.4 is 9.47 Å². The number of hydrogen-bond donors (Lipinski definition) is 6. The Morgan fingerprint density at radius 1 is 0.526 bits per heavy atom. The minimum atomic E-state index is -0.848. The minimum Gasteiger partial charge on any atom is -0.504 e. The van der Waals surface area contributed by atoms with E-state index in [4.69, 9.17) is 9.47 Å². The summed E-state index contributed by atoms with van der Waals surface area (Å²) in [5.41, 5.74) is 1.14. The van der Waals surface area contributed by atoms with Crippen molar-refractivity contribution in [2.75, 3.05) is 0 Å². The van der Waals surface area contributed by atoms with Crippen LogP contribution >= 0.6 is 0 Å². The van der Waals surface area contributed by atoms with Gasteiger partial charge in [-0.3, -0.25) is 0 Å². The fraction of sp³-hybridized carbons (Fsp3) is 0. The Morgan fingerprint density at radius 3 is 1.47 bits per heavy atom. The number of phenols is 6. The van der Waals surface area contributed by atoms with Crippen molar-refractivity contribution < 1.29 is 49.7 Å². The number of carbonyl (C=O) groups excluding carboxylic acids is 2. The van der Waals surface area contributed by atoms with Crippen LogP contribution in [-0.4, -0.2) is 42.6 Å². The standard InChI is InChI=1S/C28H20O10/c29-21-11-17(12-22(30)25(21)33)27(35)37-19-8-6-15(7-9-19)4-5-16-2-1-3-20(10-16)38-28(36)18-13-23(31)26(34)24(32)14-18/h1-14,29-34H/b5-4+. The van der Waals surface area contributed by atoms with E-state index in [2.05, 4.69) is 0 Å². The predicted molar refractivity (Wildman–Crippen MR) is 135 cm³/mol. The number of aromatic hydroxyl groups is 6. The number of benzene rings is 4. The molecule has 0 saturated heterocycles. The van der Waals surface area contributed by atoms with E-state index >= 15 is 0 Å². The lowest BCUT2D eigenvalue weighted by atomic mass is 10.1. The molecule has 0 aliphatic heterocycles. The Morgan fingerprint density at radius 2 is 0.974 bits per heavy atom. The van der Waals surface area contributed by atoms with E-state index in [1.54, 1.807) is 60.7 Å². The highest BCUT2D eigenvalue weighted by Gasteiger charge is 2.16. The molecule has 0 bridgehead atoms. The molecule has 0 fully saturated rings. The van der Waals surface area contributed by atoms with Gasteiger partial charge in [-0.05, 0) is 59.7 Å². The summed E-state index contributed by atoms with van der Waals surface area (Å²) in [6.45, 7) is 0. The van der Waals surface area contributed by atoms with E-state index < -0.39 is 46.4 Å². The molecule has 4 aromatic rings. The van der Waals surface area contributed by atoms with Gasteiger partial charge in [0.1, 0.15) is 11.5 Å². The summed E-state index contributed by atoms with van der Waals surface area (Å²) < 4.78 is 10.5. The summed E-state index contributed by atoms with van der Waals surface area (Å²) in [5, 5.41) is 57.1. The van der Waals surface area contributed by atoms with Gasteiger partial charge in [-0.1, -0.05) is 36.4 Å². The van der Waals surface area contributed by atoms with Gasteiger partial charge in [-0.15, -0.1) is 0 Å². The summed E-state index contributed by atoms with van der Waals surface area (Å²) in [6, 6.07) is 16.9. The first kappa shape index (κ1) is 25.5. The van der Waals surface area contributed by atoms with E-state index in [0.717, 1.165) is 29.8 Å². The van der Waals surface area contributed by atoms with Crippen molar-refractivity contribution >= 4 is 24.1 Å². The van der Waals surface area contributed by atoms with E-state index in [0.29, 0.717) is 5.56 Å². The fourth-order valence-electron chi connectivity index (χ4n) is 3.30. The zero-order chi connectivity index (χ0) is 27.4. The molecule has 10 heteroatoms. The fourth-order valence-corrected chi connectivity index (χ4v) is 3.30. The molecule has 0 saturated carbocycles. The second-order valence-corrected chi connectivity index (χ2v) is 7.98. The molecule has 4 rings (SSSR count). The number of rotatable bonds is 6. The van der Waals surface area contributed by atoms with Gasteiger partial charge in [0.05, 0.1) is 11.1 Å². The molecule has 0 heterocycles. The Bertz CT molecular complexity index is 1510. The van der Waals surface area contributed by atoms with Crippen molar-refractivity contribution in [3.05, 3.63) is 95.1 Å². The normalized spacial score (nSPS) is 10.8. The molecule has 0 amide bonds. The van der Waals surface area contributed by atoms with Crippen LogP contribution in [0.4, 0.5) is 0 Å². The molecule has 0 radical (unpaired) electrons. The molecular weight excluding hydrogens is 496 g/mol. The zero-order valence-electron chi connectivity index (χ0n) is 19.4. The van der Waals surface area contributed by atoms with Gasteiger partial charge in [0.15, 0.2) is 34.5 Å². The van der Waals surface area contributed by atoms with Crippen LogP contribution in [0.3, 0.4) is 0 Å². The quantitative estimate of drug-likeness (QED) is 0.0925. The first-order valence-corrected chi connectivity index (χ1v) is 10.9. The summed E-state index contributed by atoms with van der Waals surface area (Å²) in [6.07, 6.45) is 3.51. The lowest BCUT2D eigenvalue weighted by Gasteiger charge is -2.07. The number of hydrogen-bond acceptors (Lipinski definition) is 10. The molecule has 192 valence electrons. The van der Waals surface area contributed by atoms with Gasteiger partial charge in [-0.2, -0.15) is 0 Å². The van der Waals surface area contributed by atoms with E-state index in [-0.39, 0.29) is 22.6 Å². The van der Waals surface area contributed by atoms with Crippen molar-refractivity contribution in [1.29, 1.82) is 0 Å². The Labute approximate surface area is 215 Å². The zero-order valence-corrected chi connectivity index (χ0v) is 19.4. The molecule has 0 aromatic heterocycles. The SMILES string of the molecule is O=C(Oc1ccc(/C=C/c2cccc(OC(=O)c3cc(O)c(O)c(O)c3)c2)cc1)c1cc(O)c(O)c(O)c1. The van der Waals surface area contributed by atoms with E-state index in [1.165, 1.54) is 0 Å². The van der Waals surface area contributed by atoms with E-state index in [9.17, 15) is 40.2 Å². The summed E-state index contributed by atoms with van der Waals surface area (Å²) in [4.78, 5) is 24.6. The molecule has 0 atom stereocenters. The summed E-state index contributed by atoms with van der Waals surface area (Å²) >= 11 is 0. The maximum absolute atomic E-state index is 12.4. The van der Waals surface area contributed by atoms with Gasteiger partial charge >= 0.3 is 11.9 Å². The smallest absolute Gasteiger partial charge is 0.343 e. The van der Waals surface area contributed by atoms with Crippen LogP contribution in [0.15, 0.2) is 72.8 Å². The molecular formula is C28H20O10. The first-order chi connectivity index (χ1) is 18.1. The molecule has 0 aliphatic carbocycles. The Balaban J connectivity index is 1.40. The second kappa shape index (κ2) is 10.5. The largest absolute Gasteiger partial charge is 0.504 e. The number of phenolic OH excluding ortho intramolecular Hbond substituents is 6. The average Bonchev–Trinajstić information content (AvgIpc) is 2.89. The Hall–Kier alpha value is -5.64. The molecule has 6 N–H and O–H groups in total. The highest BCUT2D eigenvalue weighted by Crippen LogP contribution is 2.36. The van der Waals surface area contributed by atoms with Crippen molar-refractivity contribution in [2.24, 2.45) is 0 Å². The third-order valence-electron chi connectivity index (χ3n) is 5.24. The highest BCUT2D eigenvalue weighted by molar-refractivity contribution is 5.93. The first-order valence-electron chi connectivity index (χ1n) is 10.9. The number of ether oxygens (including phenoxy) is 2. The third-order valence-corrected chi connectivity index (χ3v) is 5.24. The maximum Gasteiger partial charge on any atom is 0.343 e. The highest BCUT2D eigenvalue weighted by atomic mass is 16.5. The molecule has 0 unspecified atom stereocenters. The molecule has 0 spiro atoms. The predicted octanol–water partition coefficient (Wildman–Crippen LogP) is 4.53. The van der Waals surface area contributed by atoms with Gasteiger partial charge in [0.2, 0.25) is 0 Å². The lowest BCUT2D eigenvalue weighted by Crippen LogP contribution is -2.08. The van der Waals surface area contributed by atoms with Crippen molar-refractivity contribution in [1.82, 2.24) is 0 Å². The summed E-state index contributed by atoms with van der Waals surface area (Å²) in [5.74, 6) is -5.39. The number of esters is 2. The van der Waals surface area contributed by atoms with Gasteiger partial charge in [0, 0.05) is 0 Å². The van der Waals surface area contributed by atoms with Gasteiger partial charge < -0.3 is 40.1 Å². The van der Waals surface area contributed by atoms with Crippen molar-refractivity contribution in [3.63, 3.8) is 0 Å². The molecule has 10 nitrogen and oxygen atoms in total. The topological polar surface area (TPSA) is 174 Å². The van der Waals surface area contributed by atoms with Crippen molar-refractivity contribution in [3.8, 4) is 46.0 Å². The van der Waals surface area contributed by atoms with Crippen LogP contribution in [-0.2, 0) is 0 Å². The molecule has 0 aliphatic rings. The van der Waals surface area contributed by atoms with E-state index in [1.807, 2.05) is 0 Å². The molecule has 4 aromatic carbocycles. The molecule has 38 heavy (non-hydrogen) atoms. The summed E-state index contributed by atoms with van der Waals surface area (Å²) in [7, 11) is 0. The van der Waals surface area contributed by atoms with Crippen LogP contribution in [0.2, 0.25) is 0 Å². The number of carbonyl (C=O) groups is 2. The minimum absolute atomic E-state index is 0.152. The van der Waals surface area contributed by atoms with Crippen LogP contribution in [0.25, 0.3) is 12.2 Å². The van der Waals surface area contributed by atoms with Gasteiger partial charge in [0.25, 0.3) is 0 Å². The lowest BCUT2D eigenvalue weighted by molar-refractivity contribution is 0.0724. The maximum atomic E-state index is 12.4. The van der Waals surface area contributed by atoms with Crippen molar-refractivity contribution in [2.45, 2.75) is 0 Å².